The Bertz CT molecular complexity index is 382. The second-order valence-corrected chi connectivity index (χ2v) is 6.71. The predicted octanol–water partition coefficient (Wildman–Crippen LogP) is 1.23. The summed E-state index contributed by atoms with van der Waals surface area (Å²) >= 11 is 0. The minimum Gasteiger partial charge on any atom is -0.462 e. The van der Waals surface area contributed by atoms with Crippen molar-refractivity contribution in [1.29, 1.82) is 0 Å². The number of ether oxygens (including phenoxy) is 1. The van der Waals surface area contributed by atoms with Crippen LogP contribution in [-0.2, 0) is 14.3 Å². The van der Waals surface area contributed by atoms with Gasteiger partial charge in [-0.3, -0.25) is 9.59 Å². The van der Waals surface area contributed by atoms with Gasteiger partial charge >= 0.3 is 5.97 Å². The van der Waals surface area contributed by atoms with Gasteiger partial charge in [0.2, 0.25) is 5.91 Å². The van der Waals surface area contributed by atoms with E-state index < -0.39 is 6.10 Å². The molecule has 1 amide bonds. The van der Waals surface area contributed by atoms with Gasteiger partial charge in [0.05, 0.1) is 6.10 Å². The van der Waals surface area contributed by atoms with Crippen molar-refractivity contribution in [1.82, 2.24) is 0 Å². The maximum atomic E-state index is 11.7. The van der Waals surface area contributed by atoms with Crippen molar-refractivity contribution in [2.45, 2.75) is 58.2 Å². The molecule has 2 aliphatic rings. The molecular weight excluding hydrogens is 258 g/mol. The van der Waals surface area contributed by atoms with Gasteiger partial charge in [-0.2, -0.15) is 0 Å². The van der Waals surface area contributed by atoms with Gasteiger partial charge in [-0.1, -0.05) is 13.8 Å². The summed E-state index contributed by atoms with van der Waals surface area (Å²) in [5, 5.41) is 10.4. The maximum Gasteiger partial charge on any atom is 0.306 e. The standard InChI is InChI=1S/C15H25NO4/c1-8-3-9(2)15(19)11(4-8)12-5-10(6-13(16)17)7-14(18)20-12/h8-12,15,19H,3-7H2,1-2H3,(H2,16,17). The highest BCUT2D eigenvalue weighted by atomic mass is 16.5. The Morgan fingerprint density at radius 1 is 1.35 bits per heavy atom. The maximum absolute atomic E-state index is 11.7. The van der Waals surface area contributed by atoms with Crippen LogP contribution in [0.15, 0.2) is 0 Å². The number of aliphatic hydroxyl groups is 1. The molecule has 6 unspecified atom stereocenters. The van der Waals surface area contributed by atoms with Crippen molar-refractivity contribution in [2.75, 3.05) is 0 Å². The number of carbonyl (C=O) groups excluding carboxylic acids is 2. The van der Waals surface area contributed by atoms with Crippen molar-refractivity contribution in [3.63, 3.8) is 0 Å². The van der Waals surface area contributed by atoms with Gasteiger partial charge in [-0.25, -0.2) is 0 Å². The molecule has 0 aromatic carbocycles. The van der Waals surface area contributed by atoms with Crippen LogP contribution in [0.25, 0.3) is 0 Å². The van der Waals surface area contributed by atoms with Gasteiger partial charge in [-0.15, -0.1) is 0 Å². The van der Waals surface area contributed by atoms with Gasteiger partial charge < -0.3 is 15.6 Å². The number of hydrogen-bond acceptors (Lipinski definition) is 4. The summed E-state index contributed by atoms with van der Waals surface area (Å²) in [6.07, 6.45) is 2.27. The highest BCUT2D eigenvalue weighted by Gasteiger charge is 2.42. The lowest BCUT2D eigenvalue weighted by Gasteiger charge is -2.42. The lowest BCUT2D eigenvalue weighted by Crippen LogP contribution is -2.46. The molecular formula is C15H25NO4. The molecule has 114 valence electrons. The van der Waals surface area contributed by atoms with Crippen molar-refractivity contribution in [3.05, 3.63) is 0 Å². The zero-order valence-electron chi connectivity index (χ0n) is 12.2. The number of esters is 1. The van der Waals surface area contributed by atoms with E-state index in [0.717, 1.165) is 12.8 Å². The Hall–Kier alpha value is -1.10. The largest absolute Gasteiger partial charge is 0.462 e. The first-order valence-electron chi connectivity index (χ1n) is 7.52. The first-order valence-corrected chi connectivity index (χ1v) is 7.52. The number of amides is 1. The molecule has 1 aliphatic heterocycles. The summed E-state index contributed by atoms with van der Waals surface area (Å²) in [5.41, 5.74) is 5.22. The van der Waals surface area contributed by atoms with E-state index in [0.29, 0.717) is 12.3 Å². The Morgan fingerprint density at radius 2 is 2.05 bits per heavy atom. The van der Waals surface area contributed by atoms with Crippen molar-refractivity contribution in [3.8, 4) is 0 Å². The molecule has 20 heavy (non-hydrogen) atoms. The molecule has 0 aromatic rings. The fourth-order valence-electron chi connectivity index (χ4n) is 3.88. The Labute approximate surface area is 119 Å². The molecule has 3 N–H and O–H groups in total. The molecule has 5 nitrogen and oxygen atoms in total. The molecule has 1 aliphatic carbocycles. The molecule has 1 saturated carbocycles. The number of rotatable bonds is 3. The number of cyclic esters (lactones) is 1. The van der Waals surface area contributed by atoms with Crippen LogP contribution >= 0.6 is 0 Å². The summed E-state index contributed by atoms with van der Waals surface area (Å²) in [5.74, 6) is 0.0272. The van der Waals surface area contributed by atoms with Gasteiger partial charge in [0.25, 0.3) is 0 Å². The van der Waals surface area contributed by atoms with Crippen molar-refractivity contribution in [2.24, 2.45) is 29.4 Å². The van der Waals surface area contributed by atoms with Crippen LogP contribution in [0.2, 0.25) is 0 Å². The van der Waals surface area contributed by atoms with Crippen LogP contribution in [0, 0.1) is 23.7 Å². The predicted molar refractivity (Wildman–Crippen MR) is 73.5 cm³/mol. The second kappa shape index (κ2) is 6.12. The number of aliphatic hydroxyl groups excluding tert-OH is 1. The average Bonchev–Trinajstić information content (AvgIpc) is 2.32. The Morgan fingerprint density at radius 3 is 2.70 bits per heavy atom. The molecule has 2 rings (SSSR count). The lowest BCUT2D eigenvalue weighted by atomic mass is 9.70. The highest BCUT2D eigenvalue weighted by Crippen LogP contribution is 2.39. The van der Waals surface area contributed by atoms with Gasteiger partial charge in [-0.05, 0) is 37.0 Å². The minimum absolute atomic E-state index is 0.0200. The van der Waals surface area contributed by atoms with Crippen LogP contribution in [0.3, 0.4) is 0 Å². The summed E-state index contributed by atoms with van der Waals surface area (Å²) in [6.45, 7) is 4.21. The first-order chi connectivity index (χ1) is 9.36. The topological polar surface area (TPSA) is 89.6 Å². The zero-order valence-corrected chi connectivity index (χ0v) is 12.2. The van der Waals surface area contributed by atoms with Crippen LogP contribution in [0.1, 0.15) is 46.0 Å². The summed E-state index contributed by atoms with van der Waals surface area (Å²) in [6, 6.07) is 0. The molecule has 0 radical (unpaired) electrons. The zero-order chi connectivity index (χ0) is 14.9. The Kier molecular flexibility index (Phi) is 4.68. The van der Waals surface area contributed by atoms with Crippen molar-refractivity contribution < 1.29 is 19.4 Å². The van der Waals surface area contributed by atoms with E-state index in [2.05, 4.69) is 6.92 Å². The second-order valence-electron chi connectivity index (χ2n) is 6.71. The highest BCUT2D eigenvalue weighted by molar-refractivity contribution is 5.76. The molecule has 0 aromatic heterocycles. The molecule has 6 atom stereocenters. The van der Waals surface area contributed by atoms with E-state index in [-0.39, 0.29) is 48.6 Å². The number of primary amides is 1. The fraction of sp³-hybridized carbons (Fsp3) is 0.867. The number of hydrogen-bond donors (Lipinski definition) is 2. The lowest BCUT2D eigenvalue weighted by molar-refractivity contribution is -0.168. The quantitative estimate of drug-likeness (QED) is 0.762. The van der Waals surface area contributed by atoms with Crippen LogP contribution in [0.5, 0.6) is 0 Å². The average molecular weight is 283 g/mol. The van der Waals surface area contributed by atoms with Crippen LogP contribution in [0.4, 0.5) is 0 Å². The number of nitrogens with two attached hydrogens (primary N) is 1. The number of carbonyl (C=O) groups is 2. The first kappa shape index (κ1) is 15.3. The minimum atomic E-state index is -0.434. The van der Waals surface area contributed by atoms with E-state index in [4.69, 9.17) is 10.5 Å². The molecule has 5 heteroatoms. The SMILES string of the molecule is CC1CC(C)C(O)C(C2CC(CC(N)=O)CC(=O)O2)C1. The van der Waals surface area contributed by atoms with Gasteiger partial charge in [0, 0.05) is 18.8 Å². The monoisotopic (exact) mass is 283 g/mol. The van der Waals surface area contributed by atoms with E-state index in [1.54, 1.807) is 0 Å². The van der Waals surface area contributed by atoms with E-state index >= 15 is 0 Å². The van der Waals surface area contributed by atoms with Gasteiger partial charge in [0.15, 0.2) is 0 Å². The van der Waals surface area contributed by atoms with E-state index in [9.17, 15) is 14.7 Å². The Balaban J connectivity index is 2.06. The molecule has 2 fully saturated rings. The van der Waals surface area contributed by atoms with Crippen LogP contribution < -0.4 is 5.73 Å². The molecule has 0 bridgehead atoms. The van der Waals surface area contributed by atoms with Crippen LogP contribution in [-0.4, -0.2) is 29.2 Å². The fourth-order valence-corrected chi connectivity index (χ4v) is 3.88. The van der Waals surface area contributed by atoms with E-state index in [1.807, 2.05) is 6.92 Å². The molecule has 1 saturated heterocycles. The normalized spacial score (nSPS) is 42.0. The molecule has 0 spiro atoms. The smallest absolute Gasteiger partial charge is 0.306 e. The summed E-state index contributed by atoms with van der Waals surface area (Å²) in [7, 11) is 0. The third-order valence-corrected chi connectivity index (χ3v) is 4.74. The third kappa shape index (κ3) is 3.51. The summed E-state index contributed by atoms with van der Waals surface area (Å²) < 4.78 is 5.45. The third-order valence-electron chi connectivity index (χ3n) is 4.74. The van der Waals surface area contributed by atoms with Gasteiger partial charge in [0.1, 0.15) is 6.10 Å². The van der Waals surface area contributed by atoms with Crippen molar-refractivity contribution >= 4 is 11.9 Å². The molecule has 1 heterocycles. The van der Waals surface area contributed by atoms with E-state index in [1.165, 1.54) is 0 Å². The summed E-state index contributed by atoms with van der Waals surface area (Å²) in [4.78, 5) is 22.8.